The first-order valence-electron chi connectivity index (χ1n) is 8.50. The highest BCUT2D eigenvalue weighted by molar-refractivity contribution is 5.92. The van der Waals surface area contributed by atoms with Crippen LogP contribution in [0.3, 0.4) is 0 Å². The Bertz CT molecular complexity index is 589. The predicted octanol–water partition coefficient (Wildman–Crippen LogP) is 1.86. The van der Waals surface area contributed by atoms with Crippen molar-refractivity contribution < 1.29 is 9.59 Å². The van der Waals surface area contributed by atoms with Crippen LogP contribution in [0.15, 0.2) is 24.3 Å². The molecule has 24 heavy (non-hydrogen) atoms. The van der Waals surface area contributed by atoms with Crippen molar-refractivity contribution in [2.24, 2.45) is 5.73 Å². The Morgan fingerprint density at radius 2 is 1.96 bits per heavy atom. The van der Waals surface area contributed by atoms with Gasteiger partial charge in [-0.3, -0.25) is 9.59 Å². The molecule has 1 unspecified atom stereocenters. The quantitative estimate of drug-likeness (QED) is 0.742. The minimum absolute atomic E-state index is 0.129. The molecule has 2 amide bonds. The molecule has 0 aliphatic carbocycles. The first-order chi connectivity index (χ1) is 11.3. The van der Waals surface area contributed by atoms with Gasteiger partial charge in [-0.2, -0.15) is 0 Å². The van der Waals surface area contributed by atoms with Gasteiger partial charge in [-0.05, 0) is 51.8 Å². The summed E-state index contributed by atoms with van der Waals surface area (Å²) in [6.07, 6.45) is 2.63. The van der Waals surface area contributed by atoms with Crippen LogP contribution >= 0.6 is 0 Å². The molecule has 0 aromatic heterocycles. The van der Waals surface area contributed by atoms with Crippen LogP contribution in [0.4, 0.5) is 11.4 Å². The Morgan fingerprint density at radius 3 is 2.58 bits per heavy atom. The molecule has 1 saturated heterocycles. The lowest BCUT2D eigenvalue weighted by Crippen LogP contribution is -2.52. The van der Waals surface area contributed by atoms with Gasteiger partial charge in [0.05, 0.1) is 5.54 Å². The molecule has 1 fully saturated rings. The number of nitrogens with two attached hydrogens (primary N) is 1. The van der Waals surface area contributed by atoms with Crippen molar-refractivity contribution in [3.05, 3.63) is 24.3 Å². The zero-order valence-corrected chi connectivity index (χ0v) is 14.8. The molecule has 1 aromatic carbocycles. The topological polar surface area (TPSA) is 87.5 Å². The van der Waals surface area contributed by atoms with Gasteiger partial charge in [-0.15, -0.1) is 0 Å². The van der Waals surface area contributed by atoms with E-state index >= 15 is 0 Å². The monoisotopic (exact) mass is 332 g/mol. The van der Waals surface area contributed by atoms with Crippen molar-refractivity contribution in [2.45, 2.75) is 51.6 Å². The highest BCUT2D eigenvalue weighted by Gasteiger charge is 2.24. The van der Waals surface area contributed by atoms with E-state index in [9.17, 15) is 9.59 Å². The maximum atomic E-state index is 12.2. The number of nitrogens with zero attached hydrogens (tertiary/aromatic N) is 1. The molecule has 0 spiro atoms. The molecule has 6 heteroatoms. The zero-order valence-electron chi connectivity index (χ0n) is 14.8. The van der Waals surface area contributed by atoms with Gasteiger partial charge in [0, 0.05) is 36.9 Å². The van der Waals surface area contributed by atoms with E-state index in [-0.39, 0.29) is 24.3 Å². The normalized spacial score (nSPS) is 15.9. The summed E-state index contributed by atoms with van der Waals surface area (Å²) < 4.78 is 0. The number of hydrogen-bond donors (Lipinski definition) is 3. The van der Waals surface area contributed by atoms with E-state index in [2.05, 4.69) is 21.6 Å². The number of hydrogen-bond acceptors (Lipinski definition) is 4. The fraction of sp³-hybridized carbons (Fsp3) is 0.556. The number of rotatable bonds is 6. The fourth-order valence-corrected chi connectivity index (χ4v) is 2.71. The number of benzene rings is 1. The van der Waals surface area contributed by atoms with E-state index in [1.165, 1.54) is 12.8 Å². The molecule has 0 radical (unpaired) electrons. The van der Waals surface area contributed by atoms with Crippen molar-refractivity contribution in [3.63, 3.8) is 0 Å². The maximum Gasteiger partial charge on any atom is 0.239 e. The molecule has 1 aliphatic rings. The molecule has 1 heterocycles. The molecule has 0 saturated carbocycles. The molecule has 1 aromatic rings. The number of carbonyl (C=O) groups excluding carboxylic acids is 2. The van der Waals surface area contributed by atoms with Crippen molar-refractivity contribution in [1.29, 1.82) is 0 Å². The summed E-state index contributed by atoms with van der Waals surface area (Å²) in [4.78, 5) is 26.3. The predicted molar refractivity (Wildman–Crippen MR) is 97.0 cm³/mol. The van der Waals surface area contributed by atoms with Crippen LogP contribution in [0, 0.1) is 0 Å². The summed E-state index contributed by atoms with van der Waals surface area (Å²) in [5, 5.41) is 5.66. The second-order valence-corrected chi connectivity index (χ2v) is 7.09. The maximum absolute atomic E-state index is 12.2. The van der Waals surface area contributed by atoms with Gasteiger partial charge in [0.1, 0.15) is 0 Å². The first kappa shape index (κ1) is 18.3. The Hall–Kier alpha value is -2.08. The van der Waals surface area contributed by atoms with Gasteiger partial charge in [0.15, 0.2) is 0 Å². The zero-order chi connectivity index (χ0) is 17.7. The molecular formula is C18H28N4O2. The number of carbonyl (C=O) groups is 2. The Labute approximate surface area is 143 Å². The molecule has 1 aliphatic heterocycles. The largest absolute Gasteiger partial charge is 0.371 e. The van der Waals surface area contributed by atoms with E-state index in [4.69, 9.17) is 5.73 Å². The van der Waals surface area contributed by atoms with E-state index in [0.717, 1.165) is 24.5 Å². The second kappa shape index (κ2) is 7.66. The van der Waals surface area contributed by atoms with Crippen molar-refractivity contribution >= 4 is 23.2 Å². The Kier molecular flexibility index (Phi) is 5.83. The van der Waals surface area contributed by atoms with Crippen molar-refractivity contribution in [1.82, 2.24) is 5.32 Å². The summed E-state index contributed by atoms with van der Waals surface area (Å²) in [6.45, 7) is 7.20. The molecule has 0 bridgehead atoms. The minimum Gasteiger partial charge on any atom is -0.371 e. The number of amides is 2. The molecule has 132 valence electrons. The van der Waals surface area contributed by atoms with Gasteiger partial charge >= 0.3 is 0 Å². The minimum atomic E-state index is -0.950. The fourth-order valence-electron chi connectivity index (χ4n) is 2.71. The number of anilines is 2. The average molecular weight is 332 g/mol. The number of nitrogens with one attached hydrogen (secondary N) is 2. The van der Waals surface area contributed by atoms with Crippen LogP contribution in [0.5, 0.6) is 0 Å². The van der Waals surface area contributed by atoms with Gasteiger partial charge in [0.2, 0.25) is 11.8 Å². The highest BCUT2D eigenvalue weighted by atomic mass is 16.2. The van der Waals surface area contributed by atoms with Crippen molar-refractivity contribution in [3.8, 4) is 0 Å². The standard InChI is InChI=1S/C18H28N4O2/c1-13(20-17(24)18(2,3)19)11-16(23)21-14-7-6-8-15(12-14)22-9-4-5-10-22/h6-8,12-13H,4-5,9-11,19H2,1-3H3,(H,20,24)(H,21,23). The second-order valence-electron chi connectivity index (χ2n) is 7.09. The van der Waals surface area contributed by atoms with Crippen LogP contribution in [0.2, 0.25) is 0 Å². The Morgan fingerprint density at radius 1 is 1.29 bits per heavy atom. The summed E-state index contributed by atoms with van der Waals surface area (Å²) in [7, 11) is 0. The van der Waals surface area contributed by atoms with Crippen LogP contribution in [0.1, 0.15) is 40.0 Å². The van der Waals surface area contributed by atoms with Crippen LogP contribution in [0.25, 0.3) is 0 Å². The Balaban J connectivity index is 1.88. The summed E-state index contributed by atoms with van der Waals surface area (Å²) >= 11 is 0. The summed E-state index contributed by atoms with van der Waals surface area (Å²) in [5.74, 6) is -0.393. The smallest absolute Gasteiger partial charge is 0.239 e. The lowest BCUT2D eigenvalue weighted by atomic mass is 10.1. The molecule has 1 atom stereocenters. The summed E-state index contributed by atoms with van der Waals surface area (Å²) in [6, 6.07) is 7.61. The van der Waals surface area contributed by atoms with Gasteiger partial charge < -0.3 is 21.3 Å². The molecule has 4 N–H and O–H groups in total. The van der Waals surface area contributed by atoms with Gasteiger partial charge in [-0.25, -0.2) is 0 Å². The van der Waals surface area contributed by atoms with Crippen LogP contribution < -0.4 is 21.3 Å². The van der Waals surface area contributed by atoms with Crippen LogP contribution in [-0.4, -0.2) is 36.5 Å². The van der Waals surface area contributed by atoms with Crippen LogP contribution in [-0.2, 0) is 9.59 Å². The van der Waals surface area contributed by atoms with E-state index in [0.29, 0.717) is 0 Å². The lowest BCUT2D eigenvalue weighted by molar-refractivity contribution is -0.126. The average Bonchev–Trinajstić information content (AvgIpc) is 3.00. The van der Waals surface area contributed by atoms with E-state index in [1.807, 2.05) is 18.2 Å². The van der Waals surface area contributed by atoms with Crippen molar-refractivity contribution in [2.75, 3.05) is 23.3 Å². The highest BCUT2D eigenvalue weighted by Crippen LogP contribution is 2.23. The molecule has 2 rings (SSSR count). The van der Waals surface area contributed by atoms with Gasteiger partial charge in [0.25, 0.3) is 0 Å². The summed E-state index contributed by atoms with van der Waals surface area (Å²) in [5.41, 5.74) is 6.71. The third kappa shape index (κ3) is 5.23. The molecule has 6 nitrogen and oxygen atoms in total. The van der Waals surface area contributed by atoms with Gasteiger partial charge in [-0.1, -0.05) is 6.07 Å². The lowest BCUT2D eigenvalue weighted by Gasteiger charge is -2.22. The SMILES string of the molecule is CC(CC(=O)Nc1cccc(N2CCCC2)c1)NC(=O)C(C)(C)N. The third-order valence-corrected chi connectivity index (χ3v) is 4.06. The molecular weight excluding hydrogens is 304 g/mol. The van der Waals surface area contributed by atoms with E-state index < -0.39 is 5.54 Å². The third-order valence-electron chi connectivity index (χ3n) is 4.06. The first-order valence-corrected chi connectivity index (χ1v) is 8.50. The van der Waals surface area contributed by atoms with E-state index in [1.54, 1.807) is 20.8 Å².